The van der Waals surface area contributed by atoms with Gasteiger partial charge in [0.2, 0.25) is 5.88 Å². The maximum absolute atomic E-state index is 5.96. The van der Waals surface area contributed by atoms with Crippen LogP contribution in [-0.4, -0.2) is 4.98 Å². The topological polar surface area (TPSA) is 22.1 Å². The number of rotatable bonds is 3. The molecular formula is C16H18BrNO. The third-order valence-corrected chi connectivity index (χ3v) is 3.84. The number of ether oxygens (including phenoxy) is 1. The second kappa shape index (κ2) is 5.74. The smallest absolute Gasteiger partial charge is 0.219 e. The van der Waals surface area contributed by atoms with E-state index in [-0.39, 0.29) is 0 Å². The first-order chi connectivity index (χ1) is 8.97. The van der Waals surface area contributed by atoms with Crippen molar-refractivity contribution in [3.05, 3.63) is 51.6 Å². The second-order valence-corrected chi connectivity index (χ2v) is 5.87. The average molecular weight is 320 g/mol. The van der Waals surface area contributed by atoms with Crippen LogP contribution in [0.4, 0.5) is 0 Å². The summed E-state index contributed by atoms with van der Waals surface area (Å²) in [6.45, 7) is 8.35. The number of aromatic nitrogens is 1. The Bertz CT molecular complexity index is 593. The number of halogens is 1. The van der Waals surface area contributed by atoms with Crippen LogP contribution in [0.3, 0.4) is 0 Å². The SMILES string of the molecule is Cc1ccc(C(C)C)c(Oc2ccc(Br)c(C)n2)c1. The Morgan fingerprint density at radius 3 is 2.47 bits per heavy atom. The Hall–Kier alpha value is -1.35. The summed E-state index contributed by atoms with van der Waals surface area (Å²) in [6.07, 6.45) is 0. The van der Waals surface area contributed by atoms with Gasteiger partial charge in [-0.3, -0.25) is 0 Å². The van der Waals surface area contributed by atoms with Crippen LogP contribution in [0, 0.1) is 13.8 Å². The van der Waals surface area contributed by atoms with Crippen molar-refractivity contribution < 1.29 is 4.74 Å². The predicted molar refractivity (Wildman–Crippen MR) is 82.0 cm³/mol. The third kappa shape index (κ3) is 3.35. The molecule has 3 heteroatoms. The van der Waals surface area contributed by atoms with E-state index in [0.29, 0.717) is 11.8 Å². The fraction of sp³-hybridized carbons (Fsp3) is 0.312. The summed E-state index contributed by atoms with van der Waals surface area (Å²) in [5.41, 5.74) is 3.32. The number of benzene rings is 1. The molecule has 0 fully saturated rings. The molecular weight excluding hydrogens is 302 g/mol. The van der Waals surface area contributed by atoms with Gasteiger partial charge >= 0.3 is 0 Å². The van der Waals surface area contributed by atoms with Crippen molar-refractivity contribution in [2.24, 2.45) is 0 Å². The van der Waals surface area contributed by atoms with Gasteiger partial charge in [0, 0.05) is 10.5 Å². The first-order valence-electron chi connectivity index (χ1n) is 6.39. The van der Waals surface area contributed by atoms with Gasteiger partial charge in [0.1, 0.15) is 5.75 Å². The molecule has 0 aliphatic carbocycles. The van der Waals surface area contributed by atoms with E-state index < -0.39 is 0 Å². The van der Waals surface area contributed by atoms with E-state index in [4.69, 9.17) is 4.74 Å². The highest BCUT2D eigenvalue weighted by Crippen LogP contribution is 2.31. The minimum Gasteiger partial charge on any atom is -0.439 e. The number of nitrogens with zero attached hydrogens (tertiary/aromatic N) is 1. The first-order valence-corrected chi connectivity index (χ1v) is 7.18. The Morgan fingerprint density at radius 2 is 1.84 bits per heavy atom. The van der Waals surface area contributed by atoms with Crippen LogP contribution < -0.4 is 4.74 Å². The van der Waals surface area contributed by atoms with Gasteiger partial charge in [-0.15, -0.1) is 0 Å². The van der Waals surface area contributed by atoms with Crippen molar-refractivity contribution in [2.45, 2.75) is 33.6 Å². The highest BCUT2D eigenvalue weighted by molar-refractivity contribution is 9.10. The molecule has 0 amide bonds. The normalized spacial score (nSPS) is 10.8. The molecule has 2 aromatic rings. The molecule has 19 heavy (non-hydrogen) atoms. The van der Waals surface area contributed by atoms with Crippen molar-refractivity contribution in [3.63, 3.8) is 0 Å². The maximum Gasteiger partial charge on any atom is 0.219 e. The van der Waals surface area contributed by atoms with E-state index in [1.165, 1.54) is 11.1 Å². The molecule has 1 aromatic carbocycles. The zero-order valence-corrected chi connectivity index (χ0v) is 13.3. The van der Waals surface area contributed by atoms with Crippen LogP contribution in [0.25, 0.3) is 0 Å². The van der Waals surface area contributed by atoms with Crippen LogP contribution in [0.1, 0.15) is 36.6 Å². The molecule has 0 bridgehead atoms. The minimum absolute atomic E-state index is 0.423. The lowest BCUT2D eigenvalue weighted by Gasteiger charge is -2.14. The highest BCUT2D eigenvalue weighted by atomic mass is 79.9. The zero-order chi connectivity index (χ0) is 14.0. The molecule has 1 heterocycles. The number of hydrogen-bond donors (Lipinski definition) is 0. The van der Waals surface area contributed by atoms with Crippen LogP contribution in [0.15, 0.2) is 34.8 Å². The molecule has 0 N–H and O–H groups in total. The lowest BCUT2D eigenvalue weighted by molar-refractivity contribution is 0.452. The standard InChI is InChI=1S/C16H18BrNO/c1-10(2)13-6-5-11(3)9-15(13)19-16-8-7-14(17)12(4)18-16/h5-10H,1-4H3. The summed E-state index contributed by atoms with van der Waals surface area (Å²) >= 11 is 3.45. The zero-order valence-electron chi connectivity index (χ0n) is 11.7. The molecule has 0 spiro atoms. The number of pyridine rings is 1. The summed E-state index contributed by atoms with van der Waals surface area (Å²) in [5, 5.41) is 0. The molecule has 100 valence electrons. The summed E-state index contributed by atoms with van der Waals surface area (Å²) in [7, 11) is 0. The molecule has 0 aliphatic rings. The Balaban J connectivity index is 2.36. The molecule has 0 aliphatic heterocycles. The molecule has 1 aromatic heterocycles. The van der Waals surface area contributed by atoms with Crippen LogP contribution in [-0.2, 0) is 0 Å². The fourth-order valence-corrected chi connectivity index (χ4v) is 2.12. The molecule has 2 nitrogen and oxygen atoms in total. The Labute approximate surface area is 123 Å². The minimum atomic E-state index is 0.423. The molecule has 0 saturated heterocycles. The summed E-state index contributed by atoms with van der Waals surface area (Å²) in [6, 6.07) is 10.1. The van der Waals surface area contributed by atoms with Crippen molar-refractivity contribution in [1.82, 2.24) is 4.98 Å². The molecule has 2 rings (SSSR count). The van der Waals surface area contributed by atoms with Crippen LogP contribution in [0.5, 0.6) is 11.6 Å². The van der Waals surface area contributed by atoms with E-state index in [9.17, 15) is 0 Å². The lowest BCUT2D eigenvalue weighted by atomic mass is 10.0. The Morgan fingerprint density at radius 1 is 1.11 bits per heavy atom. The van der Waals surface area contributed by atoms with Crippen molar-refractivity contribution >= 4 is 15.9 Å². The Kier molecular flexibility index (Phi) is 4.25. The third-order valence-electron chi connectivity index (χ3n) is 3.00. The predicted octanol–water partition coefficient (Wildman–Crippen LogP) is 5.38. The van der Waals surface area contributed by atoms with E-state index in [1.807, 2.05) is 19.1 Å². The average Bonchev–Trinajstić information content (AvgIpc) is 2.33. The largest absolute Gasteiger partial charge is 0.439 e. The molecule has 0 radical (unpaired) electrons. The van der Waals surface area contributed by atoms with Crippen molar-refractivity contribution in [2.75, 3.05) is 0 Å². The molecule has 0 saturated carbocycles. The van der Waals surface area contributed by atoms with Gasteiger partial charge in [-0.1, -0.05) is 26.0 Å². The van der Waals surface area contributed by atoms with Gasteiger partial charge in [0.15, 0.2) is 0 Å². The maximum atomic E-state index is 5.96. The van der Waals surface area contributed by atoms with Gasteiger partial charge in [-0.05, 0) is 59.0 Å². The second-order valence-electron chi connectivity index (χ2n) is 5.01. The monoisotopic (exact) mass is 319 g/mol. The van der Waals surface area contributed by atoms with Crippen LogP contribution in [0.2, 0.25) is 0 Å². The van der Waals surface area contributed by atoms with Gasteiger partial charge in [-0.25, -0.2) is 4.98 Å². The highest BCUT2D eigenvalue weighted by Gasteiger charge is 2.10. The summed E-state index contributed by atoms with van der Waals surface area (Å²) in [4.78, 5) is 4.43. The summed E-state index contributed by atoms with van der Waals surface area (Å²) in [5.74, 6) is 1.95. The van der Waals surface area contributed by atoms with E-state index in [0.717, 1.165) is 15.9 Å². The van der Waals surface area contributed by atoms with Crippen molar-refractivity contribution in [3.8, 4) is 11.6 Å². The first kappa shape index (κ1) is 14.1. The van der Waals surface area contributed by atoms with E-state index >= 15 is 0 Å². The summed E-state index contributed by atoms with van der Waals surface area (Å²) < 4.78 is 6.95. The molecule has 0 atom stereocenters. The van der Waals surface area contributed by atoms with Crippen LogP contribution >= 0.6 is 15.9 Å². The van der Waals surface area contributed by atoms with Gasteiger partial charge < -0.3 is 4.74 Å². The van der Waals surface area contributed by atoms with Crippen molar-refractivity contribution in [1.29, 1.82) is 0 Å². The fourth-order valence-electron chi connectivity index (χ4n) is 1.90. The quantitative estimate of drug-likeness (QED) is 0.758. The number of hydrogen-bond acceptors (Lipinski definition) is 2. The molecule has 0 unspecified atom stereocenters. The lowest BCUT2D eigenvalue weighted by Crippen LogP contribution is -1.97. The van der Waals surface area contributed by atoms with E-state index in [1.54, 1.807) is 0 Å². The van der Waals surface area contributed by atoms with Gasteiger partial charge in [0.25, 0.3) is 0 Å². The van der Waals surface area contributed by atoms with E-state index in [2.05, 4.69) is 59.9 Å². The number of aryl methyl sites for hydroxylation is 2. The van der Waals surface area contributed by atoms with Gasteiger partial charge in [-0.2, -0.15) is 0 Å². The van der Waals surface area contributed by atoms with Gasteiger partial charge in [0.05, 0.1) is 5.69 Å².